The third kappa shape index (κ3) is 1.78. The second-order valence-electron chi connectivity index (χ2n) is 6.30. The van der Waals surface area contributed by atoms with E-state index in [1.807, 2.05) is 0 Å². The molecule has 1 nitrogen and oxygen atoms in total. The van der Waals surface area contributed by atoms with Crippen LogP contribution in [-0.2, 0) is 18.3 Å². The molecular weight excluding hydrogens is 206 g/mol. The summed E-state index contributed by atoms with van der Waals surface area (Å²) in [7, 11) is 0. The SMILES string of the molecule is CC(C)(C)c1ccc2[nH]c3c(c2c1)CCCC3. The van der Waals surface area contributed by atoms with E-state index in [2.05, 4.69) is 44.0 Å². The second kappa shape index (κ2) is 3.63. The molecule has 0 unspecified atom stereocenters. The van der Waals surface area contributed by atoms with Crippen LogP contribution in [0.2, 0.25) is 0 Å². The molecule has 0 atom stereocenters. The number of hydrogen-bond acceptors (Lipinski definition) is 0. The Balaban J connectivity index is 2.21. The predicted octanol–water partition coefficient (Wildman–Crippen LogP) is 4.34. The van der Waals surface area contributed by atoms with E-state index < -0.39 is 0 Å². The lowest BCUT2D eigenvalue weighted by molar-refractivity contribution is 0.591. The lowest BCUT2D eigenvalue weighted by Crippen LogP contribution is -2.10. The molecule has 17 heavy (non-hydrogen) atoms. The van der Waals surface area contributed by atoms with Crippen LogP contribution >= 0.6 is 0 Å². The topological polar surface area (TPSA) is 15.8 Å². The Labute approximate surface area is 103 Å². The molecule has 1 aromatic heterocycles. The van der Waals surface area contributed by atoms with Crippen LogP contribution in [0.3, 0.4) is 0 Å². The van der Waals surface area contributed by atoms with Gasteiger partial charge in [0.1, 0.15) is 0 Å². The minimum Gasteiger partial charge on any atom is -0.358 e. The van der Waals surface area contributed by atoms with Crippen LogP contribution in [0.25, 0.3) is 10.9 Å². The van der Waals surface area contributed by atoms with Crippen molar-refractivity contribution >= 4 is 10.9 Å². The maximum absolute atomic E-state index is 3.59. The zero-order chi connectivity index (χ0) is 12.0. The molecule has 0 saturated carbocycles. The van der Waals surface area contributed by atoms with Gasteiger partial charge in [-0.1, -0.05) is 26.8 Å². The maximum atomic E-state index is 3.59. The average molecular weight is 227 g/mol. The molecular formula is C16H21N. The number of rotatable bonds is 0. The standard InChI is InChI=1S/C16H21N/c1-16(2,3)11-8-9-15-13(10-11)12-6-4-5-7-14(12)17-15/h8-10,17H,4-7H2,1-3H3. The highest BCUT2D eigenvalue weighted by atomic mass is 14.7. The van der Waals surface area contributed by atoms with Crippen molar-refractivity contribution in [3.8, 4) is 0 Å². The van der Waals surface area contributed by atoms with Crippen LogP contribution < -0.4 is 0 Å². The highest BCUT2D eigenvalue weighted by molar-refractivity contribution is 5.85. The summed E-state index contributed by atoms with van der Waals surface area (Å²) in [5.74, 6) is 0. The molecule has 0 bridgehead atoms. The summed E-state index contributed by atoms with van der Waals surface area (Å²) in [5, 5.41) is 1.46. The van der Waals surface area contributed by atoms with Gasteiger partial charge in [0.25, 0.3) is 0 Å². The molecule has 0 fully saturated rings. The van der Waals surface area contributed by atoms with Crippen molar-refractivity contribution in [3.63, 3.8) is 0 Å². The van der Waals surface area contributed by atoms with Gasteiger partial charge >= 0.3 is 0 Å². The zero-order valence-electron chi connectivity index (χ0n) is 11.1. The molecule has 1 heteroatoms. The van der Waals surface area contributed by atoms with Crippen molar-refractivity contribution in [1.29, 1.82) is 0 Å². The molecule has 0 spiro atoms. The monoisotopic (exact) mass is 227 g/mol. The number of fused-ring (bicyclic) bond motifs is 3. The van der Waals surface area contributed by atoms with Crippen LogP contribution in [0.1, 0.15) is 50.4 Å². The van der Waals surface area contributed by atoms with Crippen LogP contribution in [0.5, 0.6) is 0 Å². The van der Waals surface area contributed by atoms with E-state index in [0.717, 1.165) is 0 Å². The summed E-state index contributed by atoms with van der Waals surface area (Å²) in [6.07, 6.45) is 5.17. The first-order chi connectivity index (χ1) is 8.05. The Morgan fingerprint density at radius 2 is 1.82 bits per heavy atom. The molecule has 0 radical (unpaired) electrons. The number of H-pyrrole nitrogens is 1. The first-order valence-corrected chi connectivity index (χ1v) is 6.70. The highest BCUT2D eigenvalue weighted by Crippen LogP contribution is 2.32. The molecule has 90 valence electrons. The Morgan fingerprint density at radius 1 is 1.06 bits per heavy atom. The summed E-state index contributed by atoms with van der Waals surface area (Å²) < 4.78 is 0. The fraction of sp³-hybridized carbons (Fsp3) is 0.500. The van der Waals surface area contributed by atoms with Gasteiger partial charge in [0.2, 0.25) is 0 Å². The van der Waals surface area contributed by atoms with Crippen LogP contribution in [0.4, 0.5) is 0 Å². The minimum absolute atomic E-state index is 0.243. The fourth-order valence-electron chi connectivity index (χ4n) is 2.87. The van der Waals surface area contributed by atoms with E-state index in [0.29, 0.717) is 0 Å². The van der Waals surface area contributed by atoms with E-state index in [1.54, 1.807) is 5.56 Å². The van der Waals surface area contributed by atoms with Crippen molar-refractivity contribution in [1.82, 2.24) is 4.98 Å². The molecule has 1 N–H and O–H groups in total. The van der Waals surface area contributed by atoms with E-state index in [4.69, 9.17) is 0 Å². The van der Waals surface area contributed by atoms with Gasteiger partial charge in [-0.15, -0.1) is 0 Å². The van der Waals surface area contributed by atoms with E-state index in [-0.39, 0.29) is 5.41 Å². The van der Waals surface area contributed by atoms with Crippen LogP contribution in [-0.4, -0.2) is 4.98 Å². The summed E-state index contributed by atoms with van der Waals surface area (Å²) in [6.45, 7) is 6.85. The first kappa shape index (κ1) is 10.9. The number of nitrogens with one attached hydrogen (secondary N) is 1. The largest absolute Gasteiger partial charge is 0.358 e. The van der Waals surface area contributed by atoms with Crippen LogP contribution in [0.15, 0.2) is 18.2 Å². The maximum Gasteiger partial charge on any atom is 0.0459 e. The number of hydrogen-bond donors (Lipinski definition) is 1. The number of aromatic amines is 1. The predicted molar refractivity (Wildman–Crippen MR) is 73.6 cm³/mol. The molecule has 1 aliphatic rings. The Kier molecular flexibility index (Phi) is 2.32. The Morgan fingerprint density at radius 3 is 2.59 bits per heavy atom. The quantitative estimate of drug-likeness (QED) is 0.689. The third-order valence-corrected chi connectivity index (χ3v) is 3.96. The normalized spacial score (nSPS) is 16.2. The summed E-state index contributed by atoms with van der Waals surface area (Å²) >= 11 is 0. The Bertz CT molecular complexity index is 555. The molecule has 1 aliphatic carbocycles. The highest BCUT2D eigenvalue weighted by Gasteiger charge is 2.18. The van der Waals surface area contributed by atoms with Gasteiger partial charge in [0, 0.05) is 16.6 Å². The van der Waals surface area contributed by atoms with Gasteiger partial charge in [0.15, 0.2) is 0 Å². The number of benzene rings is 1. The van der Waals surface area contributed by atoms with Crippen molar-refractivity contribution < 1.29 is 0 Å². The lowest BCUT2D eigenvalue weighted by Gasteiger charge is -2.19. The lowest BCUT2D eigenvalue weighted by atomic mass is 9.85. The van der Waals surface area contributed by atoms with E-state index in [9.17, 15) is 0 Å². The van der Waals surface area contributed by atoms with Crippen molar-refractivity contribution in [3.05, 3.63) is 35.0 Å². The summed E-state index contributed by atoms with van der Waals surface area (Å²) in [6, 6.07) is 6.93. The van der Waals surface area contributed by atoms with Crippen molar-refractivity contribution in [2.24, 2.45) is 0 Å². The zero-order valence-corrected chi connectivity index (χ0v) is 11.1. The van der Waals surface area contributed by atoms with E-state index in [1.165, 1.54) is 47.8 Å². The minimum atomic E-state index is 0.243. The molecule has 1 heterocycles. The van der Waals surface area contributed by atoms with Gasteiger partial charge in [-0.25, -0.2) is 0 Å². The second-order valence-corrected chi connectivity index (χ2v) is 6.30. The van der Waals surface area contributed by atoms with E-state index >= 15 is 0 Å². The third-order valence-electron chi connectivity index (χ3n) is 3.96. The van der Waals surface area contributed by atoms with Gasteiger partial charge in [-0.2, -0.15) is 0 Å². The molecule has 0 amide bonds. The van der Waals surface area contributed by atoms with Gasteiger partial charge in [-0.05, 0) is 54.4 Å². The number of aryl methyl sites for hydroxylation is 2. The summed E-state index contributed by atoms with van der Waals surface area (Å²) in [4.78, 5) is 3.59. The molecule has 0 aliphatic heterocycles. The summed E-state index contributed by atoms with van der Waals surface area (Å²) in [5.41, 5.74) is 6.07. The fourth-order valence-corrected chi connectivity index (χ4v) is 2.87. The molecule has 3 rings (SSSR count). The van der Waals surface area contributed by atoms with Gasteiger partial charge in [-0.3, -0.25) is 0 Å². The first-order valence-electron chi connectivity index (χ1n) is 6.70. The van der Waals surface area contributed by atoms with Gasteiger partial charge < -0.3 is 4.98 Å². The molecule has 2 aromatic rings. The van der Waals surface area contributed by atoms with Crippen molar-refractivity contribution in [2.45, 2.75) is 51.9 Å². The van der Waals surface area contributed by atoms with Gasteiger partial charge in [0.05, 0.1) is 0 Å². The molecule has 0 saturated heterocycles. The molecule has 1 aromatic carbocycles. The van der Waals surface area contributed by atoms with Crippen LogP contribution in [0, 0.1) is 0 Å². The Hall–Kier alpha value is -1.24. The smallest absolute Gasteiger partial charge is 0.0459 e. The number of aromatic nitrogens is 1. The average Bonchev–Trinajstić information content (AvgIpc) is 2.65. The van der Waals surface area contributed by atoms with Crippen molar-refractivity contribution in [2.75, 3.05) is 0 Å².